The van der Waals surface area contributed by atoms with Crippen LogP contribution in [0.3, 0.4) is 0 Å². The van der Waals surface area contributed by atoms with Gasteiger partial charge in [-0.1, -0.05) is 26.0 Å². The highest BCUT2D eigenvalue weighted by molar-refractivity contribution is 6.35. The lowest BCUT2D eigenvalue weighted by atomic mass is 9.89. The van der Waals surface area contributed by atoms with E-state index < -0.39 is 0 Å². The fraction of sp³-hybridized carbons (Fsp3) is 0.611. The van der Waals surface area contributed by atoms with Crippen LogP contribution in [0.1, 0.15) is 44.7 Å². The molecule has 0 bridgehead atoms. The highest BCUT2D eigenvalue weighted by atomic mass is 16.2. The molecule has 3 N–H and O–H groups in total. The Hall–Kier alpha value is -2.31. The Morgan fingerprint density at radius 3 is 2.52 bits per heavy atom. The second kappa shape index (κ2) is 6.90. The number of carbonyl (C=O) groups is 2. The summed E-state index contributed by atoms with van der Waals surface area (Å²) in [4.78, 5) is 28.7. The number of carbonyl (C=O) groups excluding carboxylic acids is 2. The summed E-state index contributed by atoms with van der Waals surface area (Å²) < 4.78 is 0. The standard InChI is InChI=1S/C18H27N5O2/c1-18(2)7-3-4-8-23(12-18)17(25)16(24)22-9-5-13(6-10-22)15-14(19)11-20-21-15/h3-4,11,13H,5-10,12,19H2,1-2H3,(H,20,21). The van der Waals surface area contributed by atoms with Gasteiger partial charge in [0.2, 0.25) is 0 Å². The van der Waals surface area contributed by atoms with Crippen molar-refractivity contribution in [3.8, 4) is 0 Å². The fourth-order valence-corrected chi connectivity index (χ4v) is 3.68. The fourth-order valence-electron chi connectivity index (χ4n) is 3.68. The number of hydrogen-bond acceptors (Lipinski definition) is 4. The third-order valence-electron chi connectivity index (χ3n) is 5.14. The lowest BCUT2D eigenvalue weighted by Crippen LogP contribution is -2.49. The molecule has 1 fully saturated rings. The summed E-state index contributed by atoms with van der Waals surface area (Å²) in [6, 6.07) is 0. The zero-order valence-electron chi connectivity index (χ0n) is 15.0. The van der Waals surface area contributed by atoms with Crippen LogP contribution in [0, 0.1) is 5.41 Å². The maximum atomic E-state index is 12.7. The maximum Gasteiger partial charge on any atom is 0.312 e. The number of hydrogen-bond donors (Lipinski definition) is 2. The van der Waals surface area contributed by atoms with E-state index in [0.29, 0.717) is 31.9 Å². The van der Waals surface area contributed by atoms with Gasteiger partial charge in [0, 0.05) is 32.1 Å². The molecule has 2 amide bonds. The summed E-state index contributed by atoms with van der Waals surface area (Å²) in [6.07, 6.45) is 8.19. The van der Waals surface area contributed by atoms with E-state index in [0.717, 1.165) is 25.0 Å². The molecule has 1 aromatic rings. The molecular weight excluding hydrogens is 318 g/mol. The van der Waals surface area contributed by atoms with E-state index in [-0.39, 0.29) is 23.1 Å². The molecule has 3 rings (SSSR count). The van der Waals surface area contributed by atoms with Crippen molar-refractivity contribution in [2.75, 3.05) is 31.9 Å². The number of nitrogens with two attached hydrogens (primary N) is 1. The van der Waals surface area contributed by atoms with E-state index in [2.05, 4.69) is 30.1 Å². The van der Waals surface area contributed by atoms with Crippen molar-refractivity contribution < 1.29 is 9.59 Å². The van der Waals surface area contributed by atoms with E-state index in [1.807, 2.05) is 6.08 Å². The van der Waals surface area contributed by atoms with Crippen molar-refractivity contribution in [2.45, 2.75) is 39.0 Å². The summed E-state index contributed by atoms with van der Waals surface area (Å²) in [6.45, 7) is 6.49. The highest BCUT2D eigenvalue weighted by Gasteiger charge is 2.33. The predicted molar refractivity (Wildman–Crippen MR) is 95.7 cm³/mol. The van der Waals surface area contributed by atoms with Gasteiger partial charge in [-0.3, -0.25) is 14.7 Å². The molecule has 0 radical (unpaired) electrons. The molecule has 2 aliphatic heterocycles. The van der Waals surface area contributed by atoms with E-state index in [1.54, 1.807) is 16.0 Å². The number of aromatic nitrogens is 2. The molecule has 25 heavy (non-hydrogen) atoms. The molecule has 1 saturated heterocycles. The van der Waals surface area contributed by atoms with Gasteiger partial charge in [0.25, 0.3) is 0 Å². The van der Waals surface area contributed by atoms with E-state index in [4.69, 9.17) is 5.73 Å². The molecule has 0 saturated carbocycles. The van der Waals surface area contributed by atoms with Gasteiger partial charge in [-0.25, -0.2) is 0 Å². The van der Waals surface area contributed by atoms with Crippen molar-refractivity contribution in [3.05, 3.63) is 24.0 Å². The number of nitrogens with one attached hydrogen (secondary N) is 1. The minimum absolute atomic E-state index is 0.00588. The summed E-state index contributed by atoms with van der Waals surface area (Å²) in [5.74, 6) is -0.511. The molecule has 0 spiro atoms. The van der Waals surface area contributed by atoms with Crippen LogP contribution in [-0.2, 0) is 9.59 Å². The van der Waals surface area contributed by atoms with Crippen LogP contribution in [-0.4, -0.2) is 58.0 Å². The van der Waals surface area contributed by atoms with Gasteiger partial charge in [-0.05, 0) is 24.7 Å². The van der Waals surface area contributed by atoms with Gasteiger partial charge in [0.15, 0.2) is 0 Å². The highest BCUT2D eigenvalue weighted by Crippen LogP contribution is 2.30. The van der Waals surface area contributed by atoms with E-state index >= 15 is 0 Å². The number of anilines is 1. The van der Waals surface area contributed by atoms with Crippen LogP contribution < -0.4 is 5.73 Å². The zero-order valence-corrected chi connectivity index (χ0v) is 15.0. The number of rotatable bonds is 1. The topological polar surface area (TPSA) is 95.3 Å². The molecule has 0 aromatic carbocycles. The largest absolute Gasteiger partial charge is 0.396 e. The summed E-state index contributed by atoms with van der Waals surface area (Å²) in [5.41, 5.74) is 7.51. The number of amides is 2. The van der Waals surface area contributed by atoms with Crippen molar-refractivity contribution in [3.63, 3.8) is 0 Å². The van der Waals surface area contributed by atoms with Crippen LogP contribution in [0.5, 0.6) is 0 Å². The first-order valence-corrected chi connectivity index (χ1v) is 8.89. The predicted octanol–water partition coefficient (Wildman–Crippen LogP) is 1.51. The summed E-state index contributed by atoms with van der Waals surface area (Å²) >= 11 is 0. The first kappa shape index (κ1) is 17.5. The molecule has 1 aromatic heterocycles. The Labute approximate surface area is 148 Å². The Balaban J connectivity index is 1.59. The minimum atomic E-state index is -0.390. The smallest absolute Gasteiger partial charge is 0.312 e. The molecule has 0 unspecified atom stereocenters. The molecule has 7 heteroatoms. The van der Waals surface area contributed by atoms with Crippen molar-refractivity contribution >= 4 is 17.5 Å². The van der Waals surface area contributed by atoms with Gasteiger partial charge in [0.05, 0.1) is 17.6 Å². The average Bonchev–Trinajstić information content (AvgIpc) is 2.93. The maximum absolute atomic E-state index is 12.7. The first-order chi connectivity index (χ1) is 11.9. The quantitative estimate of drug-likeness (QED) is 0.596. The summed E-state index contributed by atoms with van der Waals surface area (Å²) in [5, 5.41) is 6.91. The second-order valence-electron chi connectivity index (χ2n) is 7.83. The van der Waals surface area contributed by atoms with Gasteiger partial charge in [0.1, 0.15) is 0 Å². The molecule has 0 aliphatic carbocycles. The van der Waals surface area contributed by atoms with E-state index in [9.17, 15) is 9.59 Å². The number of likely N-dealkylation sites (tertiary alicyclic amines) is 1. The van der Waals surface area contributed by atoms with Gasteiger partial charge in [-0.2, -0.15) is 5.10 Å². The number of nitrogen functional groups attached to an aromatic ring is 1. The van der Waals surface area contributed by atoms with Gasteiger partial charge < -0.3 is 15.5 Å². The number of H-pyrrole nitrogens is 1. The molecule has 7 nitrogen and oxygen atoms in total. The normalized spacial score (nSPS) is 21.2. The van der Waals surface area contributed by atoms with Gasteiger partial charge in [-0.15, -0.1) is 0 Å². The average molecular weight is 345 g/mol. The number of aromatic amines is 1. The number of allylic oxidation sites excluding steroid dienone is 1. The lowest BCUT2D eigenvalue weighted by Gasteiger charge is -2.34. The van der Waals surface area contributed by atoms with Crippen molar-refractivity contribution in [1.82, 2.24) is 20.0 Å². The Kier molecular flexibility index (Phi) is 4.83. The molecule has 0 atom stereocenters. The zero-order chi connectivity index (χ0) is 18.0. The minimum Gasteiger partial charge on any atom is -0.396 e. The second-order valence-corrected chi connectivity index (χ2v) is 7.83. The number of piperidine rings is 1. The molecular formula is C18H27N5O2. The van der Waals surface area contributed by atoms with Crippen LogP contribution in [0.15, 0.2) is 18.3 Å². The van der Waals surface area contributed by atoms with Crippen LogP contribution >= 0.6 is 0 Å². The first-order valence-electron chi connectivity index (χ1n) is 8.89. The molecule has 136 valence electrons. The Bertz CT molecular complexity index is 671. The van der Waals surface area contributed by atoms with Crippen molar-refractivity contribution in [1.29, 1.82) is 0 Å². The van der Waals surface area contributed by atoms with Gasteiger partial charge >= 0.3 is 11.8 Å². The number of nitrogens with zero attached hydrogens (tertiary/aromatic N) is 3. The van der Waals surface area contributed by atoms with E-state index in [1.165, 1.54) is 0 Å². The third kappa shape index (κ3) is 3.86. The SMILES string of the molecule is CC1(C)CC=CCN(C(=O)C(=O)N2CCC(c3[nH]ncc3N)CC2)C1. The monoisotopic (exact) mass is 345 g/mol. The molecule has 2 aliphatic rings. The Morgan fingerprint density at radius 2 is 1.88 bits per heavy atom. The Morgan fingerprint density at radius 1 is 1.20 bits per heavy atom. The lowest BCUT2D eigenvalue weighted by molar-refractivity contribution is -0.152. The third-order valence-corrected chi connectivity index (χ3v) is 5.14. The molecule has 3 heterocycles. The van der Waals surface area contributed by atoms with Crippen molar-refractivity contribution in [2.24, 2.45) is 5.41 Å². The van der Waals surface area contributed by atoms with Crippen LogP contribution in [0.2, 0.25) is 0 Å². The van der Waals surface area contributed by atoms with Crippen LogP contribution in [0.25, 0.3) is 0 Å². The van der Waals surface area contributed by atoms with Crippen LogP contribution in [0.4, 0.5) is 5.69 Å². The summed E-state index contributed by atoms with van der Waals surface area (Å²) in [7, 11) is 0.